The van der Waals surface area contributed by atoms with Crippen molar-refractivity contribution in [2.24, 2.45) is 5.92 Å². The number of nitrogens with zero attached hydrogens (tertiary/aromatic N) is 4. The first-order valence-electron chi connectivity index (χ1n) is 9.05. The zero-order valence-electron chi connectivity index (χ0n) is 14.4. The topological polar surface area (TPSA) is 109 Å². The molecule has 3 atom stereocenters. The van der Waals surface area contributed by atoms with Gasteiger partial charge in [0.2, 0.25) is 0 Å². The molecule has 25 heavy (non-hydrogen) atoms. The van der Waals surface area contributed by atoms with Crippen molar-refractivity contribution in [2.75, 3.05) is 6.54 Å². The van der Waals surface area contributed by atoms with Crippen LogP contribution < -0.4 is 5.32 Å². The molecule has 0 unspecified atom stereocenters. The normalized spacial score (nSPS) is 26.1. The van der Waals surface area contributed by atoms with E-state index in [1.165, 1.54) is 0 Å². The summed E-state index contributed by atoms with van der Waals surface area (Å²) in [6.07, 6.45) is 7.63. The highest BCUT2D eigenvalue weighted by Gasteiger charge is 2.36. The summed E-state index contributed by atoms with van der Waals surface area (Å²) in [6.45, 7) is 2.47. The molecule has 4 rings (SSSR count). The third kappa shape index (κ3) is 3.44. The molecule has 8 heteroatoms. The van der Waals surface area contributed by atoms with Crippen molar-refractivity contribution in [2.45, 2.75) is 57.1 Å². The molecule has 2 fully saturated rings. The van der Waals surface area contributed by atoms with E-state index in [4.69, 9.17) is 0 Å². The number of aryl methyl sites for hydroxylation is 1. The van der Waals surface area contributed by atoms with E-state index in [2.05, 4.69) is 25.5 Å². The number of carbonyl (C=O) groups is 1. The number of aliphatic hydroxyl groups excluding tert-OH is 1. The number of H-pyrrole nitrogens is 1. The Hall–Kier alpha value is -2.22. The average Bonchev–Trinajstić information content (AvgIpc) is 3.03. The van der Waals surface area contributed by atoms with Gasteiger partial charge in [0.15, 0.2) is 5.82 Å². The van der Waals surface area contributed by atoms with Gasteiger partial charge in [-0.05, 0) is 25.7 Å². The first-order valence-corrected chi connectivity index (χ1v) is 9.05. The van der Waals surface area contributed by atoms with Crippen molar-refractivity contribution in [3.8, 4) is 0 Å². The molecule has 134 valence electrons. The Balaban J connectivity index is 1.31. The molecule has 0 radical (unpaired) electrons. The number of nitrogens with one attached hydrogen (secondary N) is 2. The minimum absolute atomic E-state index is 0.0167. The fourth-order valence-corrected chi connectivity index (χ4v) is 3.52. The van der Waals surface area contributed by atoms with Gasteiger partial charge in [0.1, 0.15) is 11.5 Å². The molecule has 0 aliphatic heterocycles. The van der Waals surface area contributed by atoms with Gasteiger partial charge in [0, 0.05) is 37.0 Å². The molecule has 0 bridgehead atoms. The lowest BCUT2D eigenvalue weighted by Gasteiger charge is -2.14. The van der Waals surface area contributed by atoms with Crippen LogP contribution in [0.4, 0.5) is 0 Å². The molecule has 2 aliphatic carbocycles. The molecular weight excluding hydrogens is 320 g/mol. The number of amides is 1. The lowest BCUT2D eigenvalue weighted by Crippen LogP contribution is -2.32. The van der Waals surface area contributed by atoms with Crippen LogP contribution in [0.2, 0.25) is 0 Å². The summed E-state index contributed by atoms with van der Waals surface area (Å²) in [7, 11) is 0. The van der Waals surface area contributed by atoms with Gasteiger partial charge in [-0.3, -0.25) is 9.89 Å². The summed E-state index contributed by atoms with van der Waals surface area (Å²) < 4.78 is 2.00. The number of carbonyl (C=O) groups excluding carboxylic acids is 1. The first-order chi connectivity index (χ1) is 12.1. The molecule has 0 aromatic carbocycles. The highest BCUT2D eigenvalue weighted by Crippen LogP contribution is 2.37. The SMILES string of the molecule is CCc1nc([C@H]2C[C@H](CNC(=O)c3cn(C4CC4)cn3)[C@H](O)C2)n[nH]1. The van der Waals surface area contributed by atoms with Crippen LogP contribution in [0.15, 0.2) is 12.5 Å². The maximum Gasteiger partial charge on any atom is 0.271 e. The van der Waals surface area contributed by atoms with Crippen LogP contribution in [0.25, 0.3) is 0 Å². The Kier molecular flexibility index (Phi) is 4.29. The Morgan fingerprint density at radius 2 is 2.28 bits per heavy atom. The standard InChI is InChI=1S/C17H24N6O2/c1-2-15-20-16(22-21-15)10-5-11(14(24)6-10)7-18-17(25)13-8-23(9-19-13)12-3-4-12/h8-12,14,24H,2-7H2,1H3,(H,18,25)(H,20,21,22)/t10-,11+,14+/m0/s1. The summed E-state index contributed by atoms with van der Waals surface area (Å²) in [6, 6.07) is 0.515. The molecule has 2 heterocycles. The monoisotopic (exact) mass is 344 g/mol. The Bertz CT molecular complexity index is 750. The zero-order valence-corrected chi connectivity index (χ0v) is 14.4. The maximum atomic E-state index is 12.3. The fraction of sp³-hybridized carbons (Fsp3) is 0.647. The van der Waals surface area contributed by atoms with Crippen LogP contribution in [0.3, 0.4) is 0 Å². The number of rotatable bonds is 6. The number of aliphatic hydroxyl groups is 1. The fourth-order valence-electron chi connectivity index (χ4n) is 3.52. The van der Waals surface area contributed by atoms with Gasteiger partial charge in [-0.15, -0.1) is 0 Å². The first kappa shape index (κ1) is 16.3. The van der Waals surface area contributed by atoms with Gasteiger partial charge in [-0.1, -0.05) is 6.92 Å². The smallest absolute Gasteiger partial charge is 0.271 e. The molecule has 8 nitrogen and oxygen atoms in total. The molecule has 0 spiro atoms. The summed E-state index contributed by atoms with van der Waals surface area (Å²) in [5.74, 6) is 1.62. The van der Waals surface area contributed by atoms with E-state index < -0.39 is 6.10 Å². The van der Waals surface area contributed by atoms with Gasteiger partial charge in [-0.2, -0.15) is 5.10 Å². The second-order valence-electron chi connectivity index (χ2n) is 7.14. The molecule has 1 amide bonds. The van der Waals surface area contributed by atoms with Gasteiger partial charge in [0.25, 0.3) is 5.91 Å². The third-order valence-corrected chi connectivity index (χ3v) is 5.23. The highest BCUT2D eigenvalue weighted by molar-refractivity contribution is 5.92. The van der Waals surface area contributed by atoms with Gasteiger partial charge in [0.05, 0.1) is 12.4 Å². The number of aromatic nitrogens is 5. The maximum absolute atomic E-state index is 12.3. The second-order valence-corrected chi connectivity index (χ2v) is 7.14. The summed E-state index contributed by atoms with van der Waals surface area (Å²) >= 11 is 0. The van der Waals surface area contributed by atoms with E-state index in [9.17, 15) is 9.90 Å². The highest BCUT2D eigenvalue weighted by atomic mass is 16.3. The largest absolute Gasteiger partial charge is 0.393 e. The van der Waals surface area contributed by atoms with E-state index in [1.54, 1.807) is 12.5 Å². The van der Waals surface area contributed by atoms with Crippen molar-refractivity contribution in [1.82, 2.24) is 30.0 Å². The van der Waals surface area contributed by atoms with E-state index in [1.807, 2.05) is 11.5 Å². The third-order valence-electron chi connectivity index (χ3n) is 5.23. The Morgan fingerprint density at radius 1 is 1.44 bits per heavy atom. The second kappa shape index (κ2) is 6.59. The quantitative estimate of drug-likeness (QED) is 0.729. The molecule has 2 aromatic rings. The molecule has 3 N–H and O–H groups in total. The van der Waals surface area contributed by atoms with Crippen LogP contribution in [-0.2, 0) is 6.42 Å². The minimum Gasteiger partial charge on any atom is -0.393 e. The van der Waals surface area contributed by atoms with Crippen LogP contribution in [0.5, 0.6) is 0 Å². The number of hydrogen-bond donors (Lipinski definition) is 3. The van der Waals surface area contributed by atoms with Crippen molar-refractivity contribution < 1.29 is 9.90 Å². The molecule has 0 saturated heterocycles. The Morgan fingerprint density at radius 3 is 3.00 bits per heavy atom. The predicted octanol–water partition coefficient (Wildman–Crippen LogP) is 1.18. The number of imidazole rings is 1. The van der Waals surface area contributed by atoms with Gasteiger partial charge < -0.3 is 15.0 Å². The number of aromatic amines is 1. The van der Waals surface area contributed by atoms with Gasteiger partial charge in [-0.25, -0.2) is 9.97 Å². The van der Waals surface area contributed by atoms with Crippen molar-refractivity contribution >= 4 is 5.91 Å². The molecular formula is C17H24N6O2. The molecule has 2 aliphatic rings. The van der Waals surface area contributed by atoms with Crippen molar-refractivity contribution in [3.05, 3.63) is 29.9 Å². The number of hydrogen-bond acceptors (Lipinski definition) is 5. The molecule has 2 saturated carbocycles. The van der Waals surface area contributed by atoms with Crippen LogP contribution >= 0.6 is 0 Å². The summed E-state index contributed by atoms with van der Waals surface area (Å²) in [5, 5.41) is 20.4. The summed E-state index contributed by atoms with van der Waals surface area (Å²) in [4.78, 5) is 20.9. The van der Waals surface area contributed by atoms with Crippen LogP contribution in [-0.4, -0.2) is 48.4 Å². The zero-order chi connectivity index (χ0) is 17.4. The lowest BCUT2D eigenvalue weighted by molar-refractivity contribution is 0.0912. The minimum atomic E-state index is -0.446. The summed E-state index contributed by atoms with van der Waals surface area (Å²) in [5.41, 5.74) is 0.442. The van der Waals surface area contributed by atoms with E-state index in [0.717, 1.165) is 37.3 Å². The van der Waals surface area contributed by atoms with Crippen molar-refractivity contribution in [3.63, 3.8) is 0 Å². The van der Waals surface area contributed by atoms with Gasteiger partial charge >= 0.3 is 0 Å². The average molecular weight is 344 g/mol. The van der Waals surface area contributed by atoms with E-state index in [-0.39, 0.29) is 17.7 Å². The van der Waals surface area contributed by atoms with E-state index in [0.29, 0.717) is 24.7 Å². The van der Waals surface area contributed by atoms with E-state index >= 15 is 0 Å². The van der Waals surface area contributed by atoms with Crippen molar-refractivity contribution in [1.29, 1.82) is 0 Å². The van der Waals surface area contributed by atoms with Crippen LogP contribution in [0, 0.1) is 5.92 Å². The predicted molar refractivity (Wildman–Crippen MR) is 90.1 cm³/mol. The molecule has 2 aromatic heterocycles. The Labute approximate surface area is 146 Å². The lowest BCUT2D eigenvalue weighted by atomic mass is 10.0. The van der Waals surface area contributed by atoms with Crippen LogP contribution in [0.1, 0.15) is 66.7 Å².